The molecule has 1 fully saturated rings. The van der Waals surface area contributed by atoms with Crippen LogP contribution < -0.4 is 0 Å². The van der Waals surface area contributed by atoms with Gasteiger partial charge in [-0.1, -0.05) is 0 Å². The molecule has 0 aliphatic carbocycles. The van der Waals surface area contributed by atoms with E-state index in [1.165, 1.54) is 12.8 Å². The molecule has 19 heavy (non-hydrogen) atoms. The molecule has 3 heterocycles. The molecule has 1 aliphatic rings. The van der Waals surface area contributed by atoms with Crippen molar-refractivity contribution in [1.29, 1.82) is 0 Å². The lowest BCUT2D eigenvalue weighted by molar-refractivity contribution is 0.112. The van der Waals surface area contributed by atoms with Gasteiger partial charge in [-0.2, -0.15) is 0 Å². The van der Waals surface area contributed by atoms with E-state index in [1.54, 1.807) is 0 Å². The third-order valence-electron chi connectivity index (χ3n) is 3.94. The van der Waals surface area contributed by atoms with Crippen LogP contribution in [-0.4, -0.2) is 33.2 Å². The van der Waals surface area contributed by atoms with Crippen LogP contribution in [0, 0.1) is 0 Å². The number of nitrogens with zero attached hydrogens (tertiary/aromatic N) is 3. The van der Waals surface area contributed by atoms with E-state index in [2.05, 4.69) is 24.9 Å². The number of imidazole rings is 1. The quantitative estimate of drug-likeness (QED) is 0.793. The standard InChI is InChI=1S/C15H19N3O/c1-11(2)18-6-3-4-14(18)13-9-17-7-5-12(10-19)8-15(17)16-13/h5,7-11,14H,3-4,6H2,1-2H3. The van der Waals surface area contributed by atoms with Crippen LogP contribution >= 0.6 is 0 Å². The summed E-state index contributed by atoms with van der Waals surface area (Å²) in [6.07, 6.45) is 7.27. The molecule has 2 aromatic heterocycles. The van der Waals surface area contributed by atoms with Crippen LogP contribution in [0.4, 0.5) is 0 Å². The summed E-state index contributed by atoms with van der Waals surface area (Å²) in [5, 5.41) is 0. The zero-order valence-electron chi connectivity index (χ0n) is 11.4. The van der Waals surface area contributed by atoms with Gasteiger partial charge in [0.05, 0.1) is 11.7 Å². The Bertz CT molecular complexity index is 602. The fraction of sp³-hybridized carbons (Fsp3) is 0.467. The zero-order valence-corrected chi connectivity index (χ0v) is 11.4. The van der Waals surface area contributed by atoms with Crippen LogP contribution in [0.25, 0.3) is 5.65 Å². The molecule has 0 bridgehead atoms. The van der Waals surface area contributed by atoms with Crippen molar-refractivity contribution < 1.29 is 4.79 Å². The van der Waals surface area contributed by atoms with Gasteiger partial charge in [-0.3, -0.25) is 9.69 Å². The van der Waals surface area contributed by atoms with E-state index < -0.39 is 0 Å². The van der Waals surface area contributed by atoms with Crippen LogP contribution in [0.15, 0.2) is 24.5 Å². The molecule has 1 unspecified atom stereocenters. The zero-order chi connectivity index (χ0) is 13.4. The highest BCUT2D eigenvalue weighted by atomic mass is 16.1. The number of aromatic nitrogens is 2. The first-order valence-corrected chi connectivity index (χ1v) is 6.88. The first-order valence-electron chi connectivity index (χ1n) is 6.88. The molecular weight excluding hydrogens is 238 g/mol. The number of fused-ring (bicyclic) bond motifs is 1. The van der Waals surface area contributed by atoms with Crippen molar-refractivity contribution in [2.45, 2.75) is 38.8 Å². The number of carbonyl (C=O) groups is 1. The Kier molecular flexibility index (Phi) is 3.11. The number of aldehydes is 1. The van der Waals surface area contributed by atoms with E-state index in [4.69, 9.17) is 4.98 Å². The summed E-state index contributed by atoms with van der Waals surface area (Å²) in [6.45, 7) is 5.62. The van der Waals surface area contributed by atoms with E-state index in [9.17, 15) is 4.79 Å². The van der Waals surface area contributed by atoms with Crippen LogP contribution in [0.5, 0.6) is 0 Å². The Hall–Kier alpha value is -1.68. The van der Waals surface area contributed by atoms with Gasteiger partial charge in [-0.25, -0.2) is 4.98 Å². The fourth-order valence-corrected chi connectivity index (χ4v) is 2.98. The number of pyridine rings is 1. The Balaban J connectivity index is 1.98. The van der Waals surface area contributed by atoms with E-state index in [0.717, 1.165) is 24.2 Å². The van der Waals surface area contributed by atoms with Gasteiger partial charge < -0.3 is 4.40 Å². The van der Waals surface area contributed by atoms with Crippen LogP contribution in [-0.2, 0) is 0 Å². The summed E-state index contributed by atoms with van der Waals surface area (Å²) in [7, 11) is 0. The molecule has 0 saturated carbocycles. The van der Waals surface area contributed by atoms with Gasteiger partial charge in [0.25, 0.3) is 0 Å². The van der Waals surface area contributed by atoms with Gasteiger partial charge in [0.2, 0.25) is 0 Å². The second-order valence-electron chi connectivity index (χ2n) is 5.50. The maximum atomic E-state index is 10.8. The summed E-state index contributed by atoms with van der Waals surface area (Å²) in [5.41, 5.74) is 2.65. The lowest BCUT2D eigenvalue weighted by atomic mass is 10.1. The first-order chi connectivity index (χ1) is 9.19. The molecule has 100 valence electrons. The van der Waals surface area contributed by atoms with Crippen LogP contribution in [0.1, 0.15) is 48.8 Å². The van der Waals surface area contributed by atoms with Gasteiger partial charge in [0.15, 0.2) is 0 Å². The molecular formula is C15H19N3O. The predicted molar refractivity (Wildman–Crippen MR) is 74.4 cm³/mol. The number of rotatable bonds is 3. The van der Waals surface area contributed by atoms with E-state index in [1.807, 2.05) is 22.7 Å². The van der Waals surface area contributed by atoms with Crippen molar-refractivity contribution in [2.24, 2.45) is 0 Å². The van der Waals surface area contributed by atoms with Crippen molar-refractivity contribution in [1.82, 2.24) is 14.3 Å². The van der Waals surface area contributed by atoms with E-state index >= 15 is 0 Å². The number of hydrogen-bond donors (Lipinski definition) is 0. The van der Waals surface area contributed by atoms with Gasteiger partial charge in [-0.05, 0) is 45.4 Å². The number of likely N-dealkylation sites (tertiary alicyclic amines) is 1. The smallest absolute Gasteiger partial charge is 0.150 e. The van der Waals surface area contributed by atoms with Crippen molar-refractivity contribution in [3.05, 3.63) is 35.8 Å². The normalized spacial score (nSPS) is 20.5. The number of hydrogen-bond acceptors (Lipinski definition) is 3. The molecule has 1 atom stereocenters. The average Bonchev–Trinajstić information content (AvgIpc) is 3.03. The highest BCUT2D eigenvalue weighted by molar-refractivity contribution is 5.76. The van der Waals surface area contributed by atoms with Crippen molar-refractivity contribution in [3.63, 3.8) is 0 Å². The minimum atomic E-state index is 0.416. The minimum Gasteiger partial charge on any atom is -0.307 e. The molecule has 0 aromatic carbocycles. The topological polar surface area (TPSA) is 37.6 Å². The fourth-order valence-electron chi connectivity index (χ4n) is 2.98. The Morgan fingerprint density at radius 1 is 1.47 bits per heavy atom. The predicted octanol–water partition coefficient (Wildman–Crippen LogP) is 2.69. The summed E-state index contributed by atoms with van der Waals surface area (Å²) in [4.78, 5) is 18.0. The molecule has 1 aliphatic heterocycles. The third kappa shape index (κ3) is 2.16. The molecule has 4 heteroatoms. The van der Waals surface area contributed by atoms with Gasteiger partial charge in [-0.15, -0.1) is 0 Å². The van der Waals surface area contributed by atoms with Crippen LogP contribution in [0.3, 0.4) is 0 Å². The summed E-state index contributed by atoms with van der Waals surface area (Å²) < 4.78 is 2.00. The van der Waals surface area contributed by atoms with Gasteiger partial charge in [0, 0.05) is 24.0 Å². The SMILES string of the molecule is CC(C)N1CCCC1c1cn2ccc(C=O)cc2n1. The maximum absolute atomic E-state index is 10.8. The molecule has 2 aromatic rings. The molecule has 0 spiro atoms. The molecule has 4 nitrogen and oxygen atoms in total. The summed E-state index contributed by atoms with van der Waals surface area (Å²) >= 11 is 0. The Labute approximate surface area is 113 Å². The summed E-state index contributed by atoms with van der Waals surface area (Å²) in [6, 6.07) is 4.62. The second-order valence-corrected chi connectivity index (χ2v) is 5.50. The molecule has 3 rings (SSSR count). The Morgan fingerprint density at radius 3 is 3.05 bits per heavy atom. The lowest BCUT2D eigenvalue weighted by Gasteiger charge is -2.26. The van der Waals surface area contributed by atoms with Crippen molar-refractivity contribution in [3.8, 4) is 0 Å². The lowest BCUT2D eigenvalue weighted by Crippen LogP contribution is -2.30. The molecule has 1 saturated heterocycles. The largest absolute Gasteiger partial charge is 0.307 e. The molecule has 0 radical (unpaired) electrons. The minimum absolute atomic E-state index is 0.416. The van der Waals surface area contributed by atoms with Crippen molar-refractivity contribution in [2.75, 3.05) is 6.54 Å². The molecule has 0 amide bonds. The Morgan fingerprint density at radius 2 is 2.32 bits per heavy atom. The first kappa shape index (κ1) is 12.4. The number of carbonyl (C=O) groups excluding carboxylic acids is 1. The monoisotopic (exact) mass is 257 g/mol. The second kappa shape index (κ2) is 4.78. The van der Waals surface area contributed by atoms with Crippen LogP contribution in [0.2, 0.25) is 0 Å². The molecule has 0 N–H and O–H groups in total. The van der Waals surface area contributed by atoms with E-state index in [0.29, 0.717) is 17.6 Å². The van der Waals surface area contributed by atoms with Gasteiger partial charge in [0.1, 0.15) is 11.9 Å². The highest BCUT2D eigenvalue weighted by Crippen LogP contribution is 2.32. The average molecular weight is 257 g/mol. The van der Waals surface area contributed by atoms with Gasteiger partial charge >= 0.3 is 0 Å². The van der Waals surface area contributed by atoms with E-state index in [-0.39, 0.29) is 0 Å². The van der Waals surface area contributed by atoms with Crippen molar-refractivity contribution >= 4 is 11.9 Å². The maximum Gasteiger partial charge on any atom is 0.150 e. The highest BCUT2D eigenvalue weighted by Gasteiger charge is 2.29. The third-order valence-corrected chi connectivity index (χ3v) is 3.94. The summed E-state index contributed by atoms with van der Waals surface area (Å²) in [5.74, 6) is 0.